The van der Waals surface area contributed by atoms with Gasteiger partial charge in [-0.3, -0.25) is 9.59 Å². The zero-order valence-electron chi connectivity index (χ0n) is 39.9. The summed E-state index contributed by atoms with van der Waals surface area (Å²) in [5.41, 5.74) is 14.7. The van der Waals surface area contributed by atoms with Gasteiger partial charge in [0.15, 0.2) is 0 Å². The number of ether oxygens (including phenoxy) is 2. The average Bonchev–Trinajstić information content (AvgIpc) is 4.29. The number of aromatic amines is 2. The molecule has 8 bridgehead atoms. The third kappa shape index (κ3) is 7.31. The fourth-order valence-corrected chi connectivity index (χ4v) is 10.8. The van der Waals surface area contributed by atoms with Crippen LogP contribution < -0.4 is 9.47 Å². The Kier molecular flexibility index (Phi) is 10.8. The standard InChI is InChI=1S/C64H38N4O8/c69-33-75-41-29-25-37(26-30-41)53-59-47-13-5-3-11-45(47)57(66-59)51(35-17-21-39(22-18-35)63(71)72)55-43-9-1-2-10-44(43)56(65-55)52(36-19-23-40(24-20-36)64(73)74)58-46-12-4-6-14-48(46)60(67-58)54(38-27-31-42(32-28-38)76-34-70)62-50-16-8-7-15-49(50)61(53)68-62/h1-34,65,68H,(H,71,72)(H,73,74). The first-order valence-corrected chi connectivity index (χ1v) is 24.2. The normalized spacial score (nSPS) is 11.5. The number of rotatable bonds is 10. The summed E-state index contributed by atoms with van der Waals surface area (Å²) in [7, 11) is 0. The first-order valence-electron chi connectivity index (χ1n) is 24.2. The Balaban J connectivity index is 1.34. The van der Waals surface area contributed by atoms with Crippen molar-refractivity contribution in [1.82, 2.24) is 19.9 Å². The maximum absolute atomic E-state index is 12.4. The predicted molar refractivity (Wildman–Crippen MR) is 294 cm³/mol. The predicted octanol–water partition coefficient (Wildman–Crippen LogP) is 14.4. The van der Waals surface area contributed by atoms with Crippen molar-refractivity contribution in [2.45, 2.75) is 0 Å². The van der Waals surface area contributed by atoms with Crippen molar-refractivity contribution in [3.05, 3.63) is 205 Å². The van der Waals surface area contributed by atoms with Gasteiger partial charge in [0.05, 0.1) is 56.0 Å². The molecule has 10 aromatic rings. The van der Waals surface area contributed by atoms with E-state index < -0.39 is 11.9 Å². The second kappa shape index (κ2) is 18.1. The maximum Gasteiger partial charge on any atom is 0.335 e. The van der Waals surface area contributed by atoms with Crippen molar-refractivity contribution >= 4 is 68.5 Å². The highest BCUT2D eigenvalue weighted by molar-refractivity contribution is 6.21. The van der Waals surface area contributed by atoms with Crippen LogP contribution in [0.15, 0.2) is 194 Å². The van der Waals surface area contributed by atoms with Gasteiger partial charge in [-0.25, -0.2) is 19.6 Å². The van der Waals surface area contributed by atoms with Crippen molar-refractivity contribution in [3.8, 4) is 101 Å². The number of benzene rings is 8. The highest BCUT2D eigenvalue weighted by atomic mass is 16.5. The van der Waals surface area contributed by atoms with Crippen LogP contribution in [0.1, 0.15) is 20.7 Å². The van der Waals surface area contributed by atoms with Crippen molar-refractivity contribution in [3.63, 3.8) is 0 Å². The van der Waals surface area contributed by atoms with E-state index in [1.165, 1.54) is 0 Å². The lowest BCUT2D eigenvalue weighted by molar-refractivity contribution is -0.121. The van der Waals surface area contributed by atoms with Crippen LogP contribution in [0.5, 0.6) is 11.5 Å². The molecule has 4 N–H and O–H groups in total. The molecule has 1 aliphatic carbocycles. The molecule has 76 heavy (non-hydrogen) atoms. The first kappa shape index (κ1) is 45.2. The molecule has 12 heteroatoms. The Morgan fingerprint density at radius 2 is 0.605 bits per heavy atom. The minimum atomic E-state index is -1.06. The third-order valence-electron chi connectivity index (χ3n) is 14.2. The second-order valence-electron chi connectivity index (χ2n) is 18.3. The van der Waals surface area contributed by atoms with E-state index in [4.69, 9.17) is 19.4 Å². The lowest BCUT2D eigenvalue weighted by atomic mass is 9.93. The van der Waals surface area contributed by atoms with E-state index >= 15 is 0 Å². The molecular formula is C64H38N4O8. The summed E-state index contributed by atoms with van der Waals surface area (Å²) in [4.78, 5) is 67.3. The molecule has 0 fully saturated rings. The number of aromatic nitrogens is 4. The van der Waals surface area contributed by atoms with Gasteiger partial charge in [-0.05, 0) is 70.8 Å². The van der Waals surface area contributed by atoms with Crippen LogP contribution in [0.4, 0.5) is 0 Å². The van der Waals surface area contributed by atoms with Crippen LogP contribution in [0.3, 0.4) is 0 Å². The lowest BCUT2D eigenvalue weighted by Crippen LogP contribution is -1.95. The number of nitrogens with one attached hydrogen (secondary N) is 2. The number of H-pyrrole nitrogens is 2. The quantitative estimate of drug-likeness (QED) is 0.0961. The molecule has 362 valence electrons. The Bertz CT molecular complexity index is 4150. The van der Waals surface area contributed by atoms with E-state index in [9.17, 15) is 29.4 Å². The van der Waals surface area contributed by atoms with Gasteiger partial charge in [-0.1, -0.05) is 146 Å². The van der Waals surface area contributed by atoms with Gasteiger partial charge in [0.2, 0.25) is 0 Å². The van der Waals surface area contributed by atoms with Crippen LogP contribution in [0.2, 0.25) is 0 Å². The summed E-state index contributed by atoms with van der Waals surface area (Å²) in [6, 6.07) is 60.4. The fourth-order valence-electron chi connectivity index (χ4n) is 10.8. The van der Waals surface area contributed by atoms with Crippen LogP contribution in [0.25, 0.3) is 133 Å². The summed E-state index contributed by atoms with van der Waals surface area (Å²) < 4.78 is 10.6. The summed E-state index contributed by atoms with van der Waals surface area (Å²) in [6.45, 7) is 0.788. The molecule has 2 aliphatic heterocycles. The molecule has 0 atom stereocenters. The van der Waals surface area contributed by atoms with E-state index in [0.717, 1.165) is 77.1 Å². The van der Waals surface area contributed by atoms with Gasteiger partial charge in [0, 0.05) is 66.1 Å². The first-order chi connectivity index (χ1) is 37.3. The number of aromatic carboxylic acids is 2. The summed E-state index contributed by atoms with van der Waals surface area (Å²) in [5, 5.41) is 23.7. The average molecular weight is 991 g/mol. The number of carboxylic acid groups (broad SMARTS) is 2. The van der Waals surface area contributed by atoms with Gasteiger partial charge < -0.3 is 29.7 Å². The SMILES string of the molecule is O=COc1ccc(-c2c3nc(c(-c4ccc(C(=O)O)cc4)c4[nH]c(c(-c5ccc(C(=O)O)cc5)c5nc(c(-c6ccc(OC=O)cc6)c6[nH]c2c2ccccc62)-c2ccccc2-5)c2ccccc42)-c2ccccc2-3)cc1. The summed E-state index contributed by atoms with van der Waals surface area (Å²) in [5.74, 6) is -1.41. The molecular weight excluding hydrogens is 953 g/mol. The molecule has 0 saturated heterocycles. The molecule has 2 aromatic heterocycles. The minimum absolute atomic E-state index is 0.120. The molecule has 0 spiro atoms. The van der Waals surface area contributed by atoms with Crippen molar-refractivity contribution in [1.29, 1.82) is 0 Å². The number of carbonyl (C=O) groups is 4. The number of carbonyl (C=O) groups excluding carboxylic acids is 2. The highest BCUT2D eigenvalue weighted by Gasteiger charge is 2.30. The van der Waals surface area contributed by atoms with Crippen LogP contribution in [0, 0.1) is 0 Å². The Labute approximate surface area is 431 Å². The molecule has 0 radical (unpaired) electrons. The number of hydrogen-bond donors (Lipinski definition) is 4. The molecule has 4 heterocycles. The maximum atomic E-state index is 12.4. The topological polar surface area (TPSA) is 185 Å². The lowest BCUT2D eigenvalue weighted by Gasteiger charge is -2.09. The fraction of sp³-hybridized carbons (Fsp3) is 0. The van der Waals surface area contributed by atoms with Gasteiger partial charge in [-0.2, -0.15) is 0 Å². The third-order valence-corrected chi connectivity index (χ3v) is 14.2. The van der Waals surface area contributed by atoms with Gasteiger partial charge in [-0.15, -0.1) is 0 Å². The number of carboxylic acids is 2. The number of nitrogens with zero attached hydrogens (tertiary/aromatic N) is 2. The molecule has 13 rings (SSSR count). The van der Waals surface area contributed by atoms with E-state index in [0.29, 0.717) is 80.5 Å². The zero-order valence-corrected chi connectivity index (χ0v) is 39.9. The molecule has 0 unspecified atom stereocenters. The largest absolute Gasteiger partial charge is 0.478 e. The molecule has 8 aromatic carbocycles. The molecule has 0 saturated carbocycles. The molecule has 12 nitrogen and oxygen atoms in total. The Morgan fingerprint density at radius 3 is 0.855 bits per heavy atom. The van der Waals surface area contributed by atoms with Crippen LogP contribution in [-0.2, 0) is 9.59 Å². The van der Waals surface area contributed by atoms with E-state index in [1.807, 2.05) is 109 Å². The monoisotopic (exact) mass is 990 g/mol. The van der Waals surface area contributed by atoms with Crippen LogP contribution >= 0.6 is 0 Å². The van der Waals surface area contributed by atoms with Crippen LogP contribution in [-0.4, -0.2) is 55.0 Å². The number of hydrogen-bond acceptors (Lipinski definition) is 8. The van der Waals surface area contributed by atoms with Gasteiger partial charge >= 0.3 is 11.9 Å². The van der Waals surface area contributed by atoms with E-state index in [-0.39, 0.29) is 11.1 Å². The summed E-state index contributed by atoms with van der Waals surface area (Å²) in [6.07, 6.45) is 0. The van der Waals surface area contributed by atoms with E-state index in [2.05, 4.69) is 22.1 Å². The minimum Gasteiger partial charge on any atom is -0.478 e. The highest BCUT2D eigenvalue weighted by Crippen LogP contribution is 2.52. The Morgan fingerprint density at radius 1 is 0.355 bits per heavy atom. The Hall–Kier alpha value is -10.7. The van der Waals surface area contributed by atoms with Gasteiger partial charge in [0.1, 0.15) is 11.5 Å². The van der Waals surface area contributed by atoms with Gasteiger partial charge in [0.25, 0.3) is 12.9 Å². The van der Waals surface area contributed by atoms with Crippen molar-refractivity contribution < 1.29 is 38.9 Å². The molecule has 0 amide bonds. The zero-order chi connectivity index (χ0) is 51.6. The van der Waals surface area contributed by atoms with E-state index in [1.54, 1.807) is 72.8 Å². The smallest absolute Gasteiger partial charge is 0.335 e. The van der Waals surface area contributed by atoms with Crippen molar-refractivity contribution in [2.24, 2.45) is 0 Å². The van der Waals surface area contributed by atoms with Crippen molar-refractivity contribution in [2.75, 3.05) is 0 Å². The second-order valence-corrected chi connectivity index (χ2v) is 18.3. The summed E-state index contributed by atoms with van der Waals surface area (Å²) >= 11 is 0. The molecule has 3 aliphatic rings.